The molecule has 0 atom stereocenters. The highest BCUT2D eigenvalue weighted by atomic mass is 32.1. The highest BCUT2D eigenvalue weighted by Crippen LogP contribution is 2.25. The molecule has 0 unspecified atom stereocenters. The highest BCUT2D eigenvalue weighted by molar-refractivity contribution is 7.14. The maximum Gasteiger partial charge on any atom is 0.312 e. The fourth-order valence-corrected chi connectivity index (χ4v) is 4.66. The zero-order valence-corrected chi connectivity index (χ0v) is 19.7. The number of esters is 1. The summed E-state index contributed by atoms with van der Waals surface area (Å²) in [5, 5.41) is 2.36. The SMILES string of the molecule is O=C(Cc1csc(N2CCCC2=O)n1)OCC(=O)N(CCc1ccccc1)Cc1ccccc1. The van der Waals surface area contributed by atoms with E-state index in [0.717, 1.165) is 17.5 Å². The lowest BCUT2D eigenvalue weighted by Crippen LogP contribution is -2.36. The topological polar surface area (TPSA) is 79.8 Å². The molecule has 4 rings (SSSR count). The Balaban J connectivity index is 1.31. The monoisotopic (exact) mass is 477 g/mol. The number of carbonyl (C=O) groups excluding carboxylic acids is 3. The lowest BCUT2D eigenvalue weighted by Gasteiger charge is -2.23. The zero-order chi connectivity index (χ0) is 23.8. The van der Waals surface area contributed by atoms with Crippen LogP contribution >= 0.6 is 11.3 Å². The van der Waals surface area contributed by atoms with Crippen LogP contribution in [0.3, 0.4) is 0 Å². The highest BCUT2D eigenvalue weighted by Gasteiger charge is 2.24. The molecule has 3 aromatic rings. The molecular weight excluding hydrogens is 450 g/mol. The van der Waals surface area contributed by atoms with Crippen LogP contribution in [-0.2, 0) is 38.5 Å². The van der Waals surface area contributed by atoms with Crippen LogP contribution in [-0.4, -0.2) is 47.4 Å². The molecule has 1 saturated heterocycles. The van der Waals surface area contributed by atoms with Gasteiger partial charge in [-0.15, -0.1) is 11.3 Å². The summed E-state index contributed by atoms with van der Waals surface area (Å²) in [6.07, 6.45) is 2.03. The van der Waals surface area contributed by atoms with Crippen LogP contribution in [0.4, 0.5) is 5.13 Å². The number of amides is 2. The van der Waals surface area contributed by atoms with Crippen LogP contribution in [0, 0.1) is 0 Å². The summed E-state index contributed by atoms with van der Waals surface area (Å²) in [5.74, 6) is -0.696. The normalized spacial score (nSPS) is 13.2. The van der Waals surface area contributed by atoms with Gasteiger partial charge in [0.05, 0.1) is 12.1 Å². The minimum absolute atomic E-state index is 0.0332. The molecule has 1 aliphatic heterocycles. The first-order valence-corrected chi connectivity index (χ1v) is 12.2. The van der Waals surface area contributed by atoms with Crippen LogP contribution in [0.2, 0.25) is 0 Å². The summed E-state index contributed by atoms with van der Waals surface area (Å²) in [6, 6.07) is 19.7. The molecule has 176 valence electrons. The van der Waals surface area contributed by atoms with Crippen molar-refractivity contribution in [3.63, 3.8) is 0 Å². The molecule has 0 saturated carbocycles. The fraction of sp³-hybridized carbons (Fsp3) is 0.308. The van der Waals surface area contributed by atoms with E-state index in [1.807, 2.05) is 60.7 Å². The molecule has 0 bridgehead atoms. The number of aromatic nitrogens is 1. The smallest absolute Gasteiger partial charge is 0.312 e. The maximum absolute atomic E-state index is 12.9. The Labute approximate surface area is 203 Å². The van der Waals surface area contributed by atoms with Gasteiger partial charge in [0.2, 0.25) is 5.91 Å². The molecule has 0 aliphatic carbocycles. The van der Waals surface area contributed by atoms with Crippen molar-refractivity contribution < 1.29 is 19.1 Å². The lowest BCUT2D eigenvalue weighted by molar-refractivity contribution is -0.151. The number of anilines is 1. The van der Waals surface area contributed by atoms with Gasteiger partial charge in [0.15, 0.2) is 11.7 Å². The van der Waals surface area contributed by atoms with Crippen LogP contribution in [0.25, 0.3) is 0 Å². The van der Waals surface area contributed by atoms with E-state index in [1.54, 1.807) is 15.2 Å². The van der Waals surface area contributed by atoms with E-state index in [1.165, 1.54) is 11.3 Å². The van der Waals surface area contributed by atoms with Crippen molar-refractivity contribution in [1.29, 1.82) is 0 Å². The quantitative estimate of drug-likeness (QED) is 0.417. The van der Waals surface area contributed by atoms with Crippen molar-refractivity contribution in [2.24, 2.45) is 0 Å². The van der Waals surface area contributed by atoms with E-state index < -0.39 is 5.97 Å². The van der Waals surface area contributed by atoms with Crippen molar-refractivity contribution in [3.8, 4) is 0 Å². The standard InChI is InChI=1S/C26H27N3O4S/c30-23-12-7-14-29(23)26-27-22(19-34-26)16-25(32)33-18-24(31)28(17-21-10-5-2-6-11-21)15-13-20-8-3-1-4-9-20/h1-6,8-11,19H,7,12-18H2. The van der Waals surface area contributed by atoms with Gasteiger partial charge in [-0.3, -0.25) is 19.3 Å². The Bertz CT molecular complexity index is 1120. The van der Waals surface area contributed by atoms with Crippen LogP contribution < -0.4 is 4.90 Å². The Morgan fingerprint density at radius 3 is 2.41 bits per heavy atom. The molecule has 0 radical (unpaired) electrons. The van der Waals surface area contributed by atoms with Gasteiger partial charge >= 0.3 is 5.97 Å². The molecule has 1 fully saturated rings. The van der Waals surface area contributed by atoms with Crippen molar-refractivity contribution >= 4 is 34.3 Å². The number of carbonyl (C=O) groups is 3. The first-order chi connectivity index (χ1) is 16.6. The second-order valence-corrected chi connectivity index (χ2v) is 8.98. The molecule has 0 N–H and O–H groups in total. The van der Waals surface area contributed by atoms with Crippen molar-refractivity contribution in [1.82, 2.24) is 9.88 Å². The number of thiazole rings is 1. The van der Waals surface area contributed by atoms with E-state index in [-0.39, 0.29) is 24.8 Å². The number of ether oxygens (including phenoxy) is 1. The second-order valence-electron chi connectivity index (χ2n) is 8.14. The Kier molecular flexibility index (Phi) is 8.04. The molecule has 7 nitrogen and oxygen atoms in total. The van der Waals surface area contributed by atoms with Gasteiger partial charge in [0.1, 0.15) is 0 Å². The summed E-state index contributed by atoms with van der Waals surface area (Å²) in [5.41, 5.74) is 2.70. The first kappa shape index (κ1) is 23.6. The van der Waals surface area contributed by atoms with E-state index in [4.69, 9.17) is 4.74 Å². The molecule has 8 heteroatoms. The average Bonchev–Trinajstić information content (AvgIpc) is 3.50. The summed E-state index contributed by atoms with van der Waals surface area (Å²) in [4.78, 5) is 44.9. The largest absolute Gasteiger partial charge is 0.455 e. The fourth-order valence-electron chi connectivity index (χ4n) is 3.79. The second kappa shape index (κ2) is 11.6. The summed E-state index contributed by atoms with van der Waals surface area (Å²) >= 11 is 1.34. The number of rotatable bonds is 10. The predicted octanol–water partition coefficient (Wildman–Crippen LogP) is 3.63. The van der Waals surface area contributed by atoms with Gasteiger partial charge in [-0.2, -0.15) is 0 Å². The van der Waals surface area contributed by atoms with Gasteiger partial charge in [-0.1, -0.05) is 60.7 Å². The van der Waals surface area contributed by atoms with E-state index in [0.29, 0.717) is 43.3 Å². The van der Waals surface area contributed by atoms with Crippen LogP contribution in [0.15, 0.2) is 66.0 Å². The third-order valence-corrected chi connectivity index (χ3v) is 6.52. The number of hydrogen-bond acceptors (Lipinski definition) is 6. The summed E-state index contributed by atoms with van der Waals surface area (Å²) in [7, 11) is 0. The molecule has 0 spiro atoms. The molecular formula is C26H27N3O4S. The Morgan fingerprint density at radius 1 is 1.03 bits per heavy atom. The molecule has 2 heterocycles. The van der Waals surface area contributed by atoms with Gasteiger partial charge in [-0.25, -0.2) is 4.98 Å². The minimum atomic E-state index is -0.513. The van der Waals surface area contributed by atoms with Gasteiger partial charge < -0.3 is 9.64 Å². The summed E-state index contributed by atoms with van der Waals surface area (Å²) < 4.78 is 5.29. The molecule has 2 amide bonds. The van der Waals surface area contributed by atoms with Crippen LogP contribution in [0.5, 0.6) is 0 Å². The van der Waals surface area contributed by atoms with E-state index >= 15 is 0 Å². The van der Waals surface area contributed by atoms with Crippen molar-refractivity contribution in [3.05, 3.63) is 82.9 Å². The third kappa shape index (κ3) is 6.51. The van der Waals surface area contributed by atoms with E-state index in [9.17, 15) is 14.4 Å². The molecule has 1 aromatic heterocycles. The van der Waals surface area contributed by atoms with Gasteiger partial charge in [0, 0.05) is 31.4 Å². The minimum Gasteiger partial charge on any atom is -0.455 e. The van der Waals surface area contributed by atoms with Crippen LogP contribution in [0.1, 0.15) is 29.7 Å². The van der Waals surface area contributed by atoms with Gasteiger partial charge in [0.25, 0.3) is 5.91 Å². The number of hydrogen-bond donors (Lipinski definition) is 0. The molecule has 34 heavy (non-hydrogen) atoms. The van der Waals surface area contributed by atoms with Gasteiger partial charge in [-0.05, 0) is 24.0 Å². The van der Waals surface area contributed by atoms with E-state index in [2.05, 4.69) is 4.98 Å². The zero-order valence-electron chi connectivity index (χ0n) is 18.9. The Hall–Kier alpha value is -3.52. The third-order valence-electron chi connectivity index (χ3n) is 5.61. The molecule has 2 aromatic carbocycles. The number of benzene rings is 2. The van der Waals surface area contributed by atoms with Crippen molar-refractivity contribution in [2.75, 3.05) is 24.6 Å². The predicted molar refractivity (Wildman–Crippen MR) is 130 cm³/mol. The first-order valence-electron chi connectivity index (χ1n) is 11.3. The number of nitrogens with zero attached hydrogens (tertiary/aromatic N) is 3. The maximum atomic E-state index is 12.9. The van der Waals surface area contributed by atoms with Crippen molar-refractivity contribution in [2.45, 2.75) is 32.2 Å². The summed E-state index contributed by atoms with van der Waals surface area (Å²) in [6.45, 7) is 1.31. The molecule has 1 aliphatic rings. The Morgan fingerprint density at radius 2 is 1.74 bits per heavy atom. The average molecular weight is 478 g/mol. The lowest BCUT2D eigenvalue weighted by atomic mass is 10.1.